The molecule has 14 heavy (non-hydrogen) atoms. The first-order valence-electron chi connectivity index (χ1n) is 3.84. The summed E-state index contributed by atoms with van der Waals surface area (Å²) >= 11 is 0. The lowest BCUT2D eigenvalue weighted by atomic mass is 10.0. The SMILES string of the molecule is Cc1cc(C(F)(F)F)cc(C=N)c1N. The molecular weight excluding hydrogens is 193 g/mol. The van der Waals surface area contributed by atoms with Crippen LogP contribution in [-0.4, -0.2) is 6.21 Å². The van der Waals surface area contributed by atoms with Gasteiger partial charge < -0.3 is 11.1 Å². The first kappa shape index (κ1) is 10.6. The number of nitrogen functional groups attached to an aromatic ring is 1. The zero-order chi connectivity index (χ0) is 10.9. The van der Waals surface area contributed by atoms with Crippen LogP contribution in [0.15, 0.2) is 12.1 Å². The molecule has 0 fully saturated rings. The molecule has 2 nitrogen and oxygen atoms in total. The van der Waals surface area contributed by atoms with Crippen LogP contribution in [0.2, 0.25) is 0 Å². The second-order valence-electron chi connectivity index (χ2n) is 2.94. The highest BCUT2D eigenvalue weighted by Crippen LogP contribution is 2.32. The molecule has 5 heteroatoms. The van der Waals surface area contributed by atoms with Crippen molar-refractivity contribution in [2.24, 2.45) is 0 Å². The van der Waals surface area contributed by atoms with Crippen LogP contribution in [0.4, 0.5) is 18.9 Å². The summed E-state index contributed by atoms with van der Waals surface area (Å²) in [5.41, 5.74) is 5.35. The van der Waals surface area contributed by atoms with E-state index in [0.717, 1.165) is 18.3 Å². The summed E-state index contributed by atoms with van der Waals surface area (Å²) in [5.74, 6) is 0. The van der Waals surface area contributed by atoms with Crippen molar-refractivity contribution in [3.8, 4) is 0 Å². The third kappa shape index (κ3) is 1.86. The summed E-state index contributed by atoms with van der Waals surface area (Å²) in [6, 6.07) is 1.84. The highest BCUT2D eigenvalue weighted by molar-refractivity contribution is 5.86. The fourth-order valence-corrected chi connectivity index (χ4v) is 1.11. The second-order valence-corrected chi connectivity index (χ2v) is 2.94. The largest absolute Gasteiger partial charge is 0.416 e. The number of alkyl halides is 3. The second kappa shape index (κ2) is 3.32. The van der Waals surface area contributed by atoms with Crippen molar-refractivity contribution in [2.75, 3.05) is 5.73 Å². The Kier molecular flexibility index (Phi) is 2.51. The molecule has 0 heterocycles. The Labute approximate surface area is 79.0 Å². The molecule has 0 aromatic heterocycles. The monoisotopic (exact) mass is 202 g/mol. The lowest BCUT2D eigenvalue weighted by Gasteiger charge is -2.11. The van der Waals surface area contributed by atoms with E-state index in [4.69, 9.17) is 11.1 Å². The number of hydrogen-bond donors (Lipinski definition) is 2. The maximum Gasteiger partial charge on any atom is 0.416 e. The zero-order valence-electron chi connectivity index (χ0n) is 7.44. The van der Waals surface area contributed by atoms with Crippen LogP contribution in [0.3, 0.4) is 0 Å². The normalized spacial score (nSPS) is 11.4. The predicted molar refractivity (Wildman–Crippen MR) is 48.5 cm³/mol. The van der Waals surface area contributed by atoms with Gasteiger partial charge in [-0.2, -0.15) is 13.2 Å². The Morgan fingerprint density at radius 3 is 2.36 bits per heavy atom. The van der Waals surface area contributed by atoms with Gasteiger partial charge in [-0.25, -0.2) is 0 Å². The first-order chi connectivity index (χ1) is 6.36. The van der Waals surface area contributed by atoms with Crippen molar-refractivity contribution in [1.29, 1.82) is 5.41 Å². The standard InChI is InChI=1S/C9H9F3N2/c1-5-2-7(9(10,11)12)3-6(4-13)8(5)14/h2-4,13H,14H2,1H3. The van der Waals surface area contributed by atoms with Crippen LogP contribution in [0.1, 0.15) is 16.7 Å². The van der Waals surface area contributed by atoms with Gasteiger partial charge in [-0.05, 0) is 24.6 Å². The van der Waals surface area contributed by atoms with E-state index in [0.29, 0.717) is 5.56 Å². The van der Waals surface area contributed by atoms with Crippen molar-refractivity contribution in [2.45, 2.75) is 13.1 Å². The van der Waals surface area contributed by atoms with Crippen molar-refractivity contribution in [3.63, 3.8) is 0 Å². The minimum absolute atomic E-state index is 0.0947. The molecule has 1 aromatic carbocycles. The Morgan fingerprint density at radius 2 is 1.93 bits per heavy atom. The Morgan fingerprint density at radius 1 is 1.36 bits per heavy atom. The predicted octanol–water partition coefficient (Wildman–Crippen LogP) is 2.59. The molecule has 0 bridgehead atoms. The van der Waals surface area contributed by atoms with Crippen LogP contribution in [0.5, 0.6) is 0 Å². The van der Waals surface area contributed by atoms with Crippen LogP contribution in [0, 0.1) is 12.3 Å². The Balaban J connectivity index is 3.37. The molecule has 3 N–H and O–H groups in total. The lowest BCUT2D eigenvalue weighted by Crippen LogP contribution is -2.08. The van der Waals surface area contributed by atoms with E-state index in [1.165, 1.54) is 6.92 Å². The minimum Gasteiger partial charge on any atom is -0.398 e. The third-order valence-corrected chi connectivity index (χ3v) is 1.90. The maximum absolute atomic E-state index is 12.3. The first-order valence-corrected chi connectivity index (χ1v) is 3.84. The van der Waals surface area contributed by atoms with E-state index in [2.05, 4.69) is 0 Å². The summed E-state index contributed by atoms with van der Waals surface area (Å²) in [5, 5.41) is 6.91. The van der Waals surface area contributed by atoms with Gasteiger partial charge in [-0.1, -0.05) is 0 Å². The van der Waals surface area contributed by atoms with E-state index in [-0.39, 0.29) is 11.3 Å². The molecule has 0 saturated carbocycles. The van der Waals surface area contributed by atoms with E-state index in [9.17, 15) is 13.2 Å². The molecule has 76 valence electrons. The van der Waals surface area contributed by atoms with Crippen molar-refractivity contribution in [3.05, 3.63) is 28.8 Å². The van der Waals surface area contributed by atoms with Gasteiger partial charge in [0, 0.05) is 17.5 Å². The smallest absolute Gasteiger partial charge is 0.398 e. The third-order valence-electron chi connectivity index (χ3n) is 1.90. The minimum atomic E-state index is -4.39. The highest BCUT2D eigenvalue weighted by atomic mass is 19.4. The van der Waals surface area contributed by atoms with Gasteiger partial charge in [-0.15, -0.1) is 0 Å². The molecule has 0 aliphatic heterocycles. The number of rotatable bonds is 1. The van der Waals surface area contributed by atoms with Crippen LogP contribution in [0.25, 0.3) is 0 Å². The quantitative estimate of drug-likeness (QED) is 0.533. The van der Waals surface area contributed by atoms with E-state index in [1.54, 1.807) is 0 Å². The molecule has 0 spiro atoms. The van der Waals surface area contributed by atoms with Gasteiger partial charge in [0.15, 0.2) is 0 Å². The van der Waals surface area contributed by atoms with Crippen LogP contribution in [-0.2, 0) is 6.18 Å². The molecule has 0 radical (unpaired) electrons. The molecule has 0 amide bonds. The average Bonchev–Trinajstić information content (AvgIpc) is 2.07. The van der Waals surface area contributed by atoms with E-state index < -0.39 is 11.7 Å². The summed E-state index contributed by atoms with van der Waals surface area (Å²) < 4.78 is 36.9. The highest BCUT2D eigenvalue weighted by Gasteiger charge is 2.31. The number of anilines is 1. The number of nitrogens with two attached hydrogens (primary N) is 1. The van der Waals surface area contributed by atoms with Gasteiger partial charge in [0.05, 0.1) is 5.56 Å². The fraction of sp³-hybridized carbons (Fsp3) is 0.222. The molecule has 0 atom stereocenters. The summed E-state index contributed by atoms with van der Waals surface area (Å²) in [4.78, 5) is 0. The van der Waals surface area contributed by atoms with Crippen molar-refractivity contribution >= 4 is 11.9 Å². The van der Waals surface area contributed by atoms with E-state index in [1.807, 2.05) is 0 Å². The molecular formula is C9H9F3N2. The van der Waals surface area contributed by atoms with Gasteiger partial charge in [-0.3, -0.25) is 0 Å². The van der Waals surface area contributed by atoms with Crippen molar-refractivity contribution in [1.82, 2.24) is 0 Å². The molecule has 1 aromatic rings. The number of aryl methyl sites for hydroxylation is 1. The van der Waals surface area contributed by atoms with Crippen LogP contribution >= 0.6 is 0 Å². The number of hydrogen-bond acceptors (Lipinski definition) is 2. The topological polar surface area (TPSA) is 49.9 Å². The van der Waals surface area contributed by atoms with E-state index >= 15 is 0 Å². The van der Waals surface area contributed by atoms with Gasteiger partial charge in [0.25, 0.3) is 0 Å². The molecule has 0 aliphatic rings. The Hall–Kier alpha value is -1.52. The fourth-order valence-electron chi connectivity index (χ4n) is 1.11. The summed E-state index contributed by atoms with van der Waals surface area (Å²) in [6.07, 6.45) is -3.58. The number of halogens is 3. The summed E-state index contributed by atoms with van der Waals surface area (Å²) in [6.45, 7) is 1.48. The molecule has 1 rings (SSSR count). The maximum atomic E-state index is 12.3. The average molecular weight is 202 g/mol. The summed E-state index contributed by atoms with van der Waals surface area (Å²) in [7, 11) is 0. The lowest BCUT2D eigenvalue weighted by molar-refractivity contribution is -0.137. The van der Waals surface area contributed by atoms with Crippen molar-refractivity contribution < 1.29 is 13.2 Å². The van der Waals surface area contributed by atoms with Gasteiger partial charge in [0.1, 0.15) is 0 Å². The Bertz CT molecular complexity index is 369. The number of benzene rings is 1. The van der Waals surface area contributed by atoms with Gasteiger partial charge in [0.2, 0.25) is 0 Å². The van der Waals surface area contributed by atoms with Gasteiger partial charge >= 0.3 is 6.18 Å². The zero-order valence-corrected chi connectivity index (χ0v) is 7.44. The molecule has 0 aliphatic carbocycles. The molecule has 0 saturated heterocycles. The number of nitrogens with one attached hydrogen (secondary N) is 1. The van der Waals surface area contributed by atoms with Crippen LogP contribution < -0.4 is 5.73 Å². The molecule has 0 unspecified atom stereocenters.